The van der Waals surface area contributed by atoms with E-state index in [2.05, 4.69) is 15.1 Å². The average Bonchev–Trinajstić information content (AvgIpc) is 2.94. The van der Waals surface area contributed by atoms with Gasteiger partial charge in [0.2, 0.25) is 0 Å². The summed E-state index contributed by atoms with van der Waals surface area (Å²) in [7, 11) is 1.50. The first kappa shape index (κ1) is 15.4. The van der Waals surface area contributed by atoms with Gasteiger partial charge in [0.25, 0.3) is 0 Å². The van der Waals surface area contributed by atoms with E-state index in [1.165, 1.54) is 7.11 Å². The van der Waals surface area contributed by atoms with Crippen LogP contribution in [0.2, 0.25) is 0 Å². The number of ether oxygens (including phenoxy) is 2. The van der Waals surface area contributed by atoms with E-state index < -0.39 is 5.97 Å². The molecule has 0 aromatic carbocycles. The van der Waals surface area contributed by atoms with Gasteiger partial charge in [-0.1, -0.05) is 0 Å². The van der Waals surface area contributed by atoms with Crippen molar-refractivity contribution in [3.8, 4) is 17.4 Å². The van der Waals surface area contributed by atoms with Gasteiger partial charge in [0.15, 0.2) is 5.69 Å². The first-order chi connectivity index (χ1) is 11.2. The maximum Gasteiger partial charge on any atom is 0.359 e. The van der Waals surface area contributed by atoms with Gasteiger partial charge >= 0.3 is 12.0 Å². The smallest absolute Gasteiger partial charge is 0.359 e. The molecule has 0 saturated carbocycles. The monoisotopic (exact) mass is 318 g/mol. The minimum absolute atomic E-state index is 0.0893. The van der Waals surface area contributed by atoms with E-state index in [-0.39, 0.29) is 25.8 Å². The molecule has 0 bridgehead atoms. The Bertz CT molecular complexity index is 741. The maximum atomic E-state index is 12.2. The summed E-state index contributed by atoms with van der Waals surface area (Å²) in [6, 6.07) is 0.256. The van der Waals surface area contributed by atoms with Crippen molar-refractivity contribution >= 4 is 5.97 Å². The van der Waals surface area contributed by atoms with Gasteiger partial charge in [-0.15, -0.1) is 0 Å². The first-order valence-electron chi connectivity index (χ1n) is 7.47. The number of carbonyl (C=O) groups is 1. The van der Waals surface area contributed by atoms with Crippen LogP contribution in [0.25, 0.3) is 11.4 Å². The van der Waals surface area contributed by atoms with Crippen LogP contribution in [0.4, 0.5) is 0 Å². The molecule has 0 fully saturated rings. The summed E-state index contributed by atoms with van der Waals surface area (Å²) >= 11 is 0. The minimum Gasteiger partial charge on any atom is -0.467 e. The van der Waals surface area contributed by atoms with Crippen molar-refractivity contribution in [3.63, 3.8) is 0 Å². The van der Waals surface area contributed by atoms with Gasteiger partial charge in [-0.3, -0.25) is 4.68 Å². The highest BCUT2D eigenvalue weighted by Gasteiger charge is 2.30. The van der Waals surface area contributed by atoms with Gasteiger partial charge in [-0.05, 0) is 25.3 Å². The lowest BCUT2D eigenvalue weighted by atomic mass is 9.93. The van der Waals surface area contributed by atoms with Crippen LogP contribution >= 0.6 is 0 Å². The van der Waals surface area contributed by atoms with Crippen LogP contribution in [-0.4, -0.2) is 51.1 Å². The Balaban J connectivity index is 2.17. The molecule has 2 heterocycles. The fourth-order valence-electron chi connectivity index (χ4n) is 2.76. The molecular weight excluding hydrogens is 300 g/mol. The molecule has 8 nitrogen and oxygen atoms in total. The predicted molar refractivity (Wildman–Crippen MR) is 80.3 cm³/mol. The molecule has 2 aromatic heterocycles. The largest absolute Gasteiger partial charge is 0.467 e. The van der Waals surface area contributed by atoms with E-state index in [1.54, 1.807) is 17.8 Å². The highest BCUT2D eigenvalue weighted by atomic mass is 16.5. The molecule has 0 amide bonds. The number of aliphatic hydroxyl groups is 1. The number of aliphatic hydroxyl groups excluding tert-OH is 1. The van der Waals surface area contributed by atoms with Crippen LogP contribution in [-0.2, 0) is 24.1 Å². The summed E-state index contributed by atoms with van der Waals surface area (Å²) in [4.78, 5) is 20.7. The lowest BCUT2D eigenvalue weighted by Gasteiger charge is -2.17. The summed E-state index contributed by atoms with van der Waals surface area (Å²) in [5.41, 5.74) is 3.47. The van der Waals surface area contributed by atoms with E-state index in [9.17, 15) is 9.90 Å². The van der Waals surface area contributed by atoms with Crippen molar-refractivity contribution < 1.29 is 19.4 Å². The Morgan fingerprint density at radius 2 is 2.26 bits per heavy atom. The number of carbonyl (C=O) groups excluding carboxylic acids is 1. The number of rotatable bonds is 5. The molecule has 2 aromatic rings. The number of nitrogens with zero attached hydrogens (tertiary/aromatic N) is 4. The Labute approximate surface area is 133 Å². The van der Waals surface area contributed by atoms with E-state index in [1.807, 2.05) is 0 Å². The normalized spacial score (nSPS) is 12.5. The molecule has 1 aliphatic rings. The Morgan fingerprint density at radius 3 is 2.96 bits per heavy atom. The Kier molecular flexibility index (Phi) is 4.24. The highest BCUT2D eigenvalue weighted by Crippen LogP contribution is 2.34. The summed E-state index contributed by atoms with van der Waals surface area (Å²) in [5, 5.41) is 13.6. The predicted octanol–water partition coefficient (Wildman–Crippen LogP) is 0.616. The molecule has 0 aliphatic heterocycles. The van der Waals surface area contributed by atoms with E-state index in [0.717, 1.165) is 16.8 Å². The van der Waals surface area contributed by atoms with Crippen LogP contribution in [0.3, 0.4) is 0 Å². The van der Waals surface area contributed by atoms with E-state index in [0.29, 0.717) is 24.2 Å². The van der Waals surface area contributed by atoms with E-state index >= 15 is 0 Å². The van der Waals surface area contributed by atoms with Gasteiger partial charge in [-0.2, -0.15) is 10.1 Å². The van der Waals surface area contributed by atoms with Crippen LogP contribution in [0.15, 0.2) is 6.20 Å². The van der Waals surface area contributed by atoms with Crippen molar-refractivity contribution in [1.82, 2.24) is 19.7 Å². The summed E-state index contributed by atoms with van der Waals surface area (Å²) in [6.45, 7) is 2.22. The lowest BCUT2D eigenvalue weighted by Crippen LogP contribution is -2.13. The zero-order valence-electron chi connectivity index (χ0n) is 13.1. The third kappa shape index (κ3) is 2.65. The molecule has 23 heavy (non-hydrogen) atoms. The second kappa shape index (κ2) is 6.33. The zero-order valence-corrected chi connectivity index (χ0v) is 13.1. The average molecular weight is 318 g/mol. The highest BCUT2D eigenvalue weighted by molar-refractivity contribution is 5.91. The van der Waals surface area contributed by atoms with Crippen LogP contribution in [0.5, 0.6) is 6.01 Å². The number of hydrogen-bond donors (Lipinski definition) is 1. The SMILES string of the molecule is CCOC(=O)c1nn(CCO)c2c1CCc1cnc(OC)nc1-2. The molecule has 0 unspecified atom stereocenters. The third-order valence-corrected chi connectivity index (χ3v) is 3.72. The molecule has 0 spiro atoms. The topological polar surface area (TPSA) is 99.4 Å². The van der Waals surface area contributed by atoms with Gasteiger partial charge in [0, 0.05) is 11.8 Å². The summed E-state index contributed by atoms with van der Waals surface area (Å²) in [5.74, 6) is -0.454. The van der Waals surface area contributed by atoms with Crippen molar-refractivity contribution in [2.45, 2.75) is 26.3 Å². The van der Waals surface area contributed by atoms with Crippen molar-refractivity contribution in [2.24, 2.45) is 0 Å². The Morgan fingerprint density at radius 1 is 1.43 bits per heavy atom. The first-order valence-corrected chi connectivity index (χ1v) is 7.47. The summed E-state index contributed by atoms with van der Waals surface area (Å²) in [6.07, 6.45) is 3.09. The quantitative estimate of drug-likeness (QED) is 0.807. The molecule has 122 valence electrons. The van der Waals surface area contributed by atoms with Gasteiger partial charge in [0.1, 0.15) is 0 Å². The van der Waals surface area contributed by atoms with Crippen LogP contribution in [0.1, 0.15) is 28.5 Å². The third-order valence-electron chi connectivity index (χ3n) is 3.72. The number of esters is 1. The minimum atomic E-state index is -0.454. The van der Waals surface area contributed by atoms with Gasteiger partial charge in [-0.25, -0.2) is 9.78 Å². The fraction of sp³-hybridized carbons (Fsp3) is 0.467. The van der Waals surface area contributed by atoms with Crippen LogP contribution in [0, 0.1) is 0 Å². The second-order valence-electron chi connectivity index (χ2n) is 5.07. The van der Waals surface area contributed by atoms with Gasteiger partial charge in [0.05, 0.1) is 38.3 Å². The van der Waals surface area contributed by atoms with Crippen LogP contribution < -0.4 is 4.74 Å². The molecule has 1 aliphatic carbocycles. The maximum absolute atomic E-state index is 12.2. The second-order valence-corrected chi connectivity index (χ2v) is 5.07. The van der Waals surface area contributed by atoms with Gasteiger partial charge < -0.3 is 14.6 Å². The summed E-state index contributed by atoms with van der Waals surface area (Å²) < 4.78 is 11.8. The molecule has 1 N–H and O–H groups in total. The molecule has 0 saturated heterocycles. The molecule has 0 atom stereocenters. The number of aryl methyl sites for hydroxylation is 1. The lowest BCUT2D eigenvalue weighted by molar-refractivity contribution is 0.0517. The van der Waals surface area contributed by atoms with Crippen molar-refractivity contribution in [1.29, 1.82) is 0 Å². The number of methoxy groups -OCH3 is 1. The molecular formula is C15H18N4O4. The number of fused-ring (bicyclic) bond motifs is 3. The Hall–Kier alpha value is -2.48. The van der Waals surface area contributed by atoms with E-state index in [4.69, 9.17) is 9.47 Å². The standard InChI is InChI=1S/C15H18N4O4/c1-3-23-14(21)12-10-5-4-9-8-16-15(22-2)17-11(9)13(10)19(18-12)6-7-20/h8,20H,3-7H2,1-2H3. The number of aromatic nitrogens is 4. The molecule has 0 radical (unpaired) electrons. The zero-order chi connectivity index (χ0) is 16.4. The molecule has 8 heteroatoms. The molecule has 3 rings (SSSR count). The van der Waals surface area contributed by atoms with Crippen molar-refractivity contribution in [3.05, 3.63) is 23.0 Å². The number of hydrogen-bond acceptors (Lipinski definition) is 7. The fourth-order valence-corrected chi connectivity index (χ4v) is 2.76. The van der Waals surface area contributed by atoms with Crippen molar-refractivity contribution in [2.75, 3.05) is 20.3 Å².